The summed E-state index contributed by atoms with van der Waals surface area (Å²) in [7, 11) is 0. The molecule has 0 aliphatic heterocycles. The number of ether oxygens (including phenoxy) is 1. The molecule has 0 saturated heterocycles. The Morgan fingerprint density at radius 2 is 2.12 bits per heavy atom. The molecule has 0 aliphatic carbocycles. The molecule has 88 valence electrons. The largest absolute Gasteiger partial charge is 0.444 e. The second-order valence-electron chi connectivity index (χ2n) is 3.25. The van der Waals surface area contributed by atoms with Gasteiger partial charge in [0.05, 0.1) is 0 Å². The molecule has 2 aromatic rings. The van der Waals surface area contributed by atoms with Gasteiger partial charge >= 0.3 is 6.09 Å². The Balaban J connectivity index is 1.91. The van der Waals surface area contributed by atoms with E-state index in [-0.39, 0.29) is 12.4 Å². The Hall–Kier alpha value is -2.37. The molecule has 0 saturated carbocycles. The van der Waals surface area contributed by atoms with Gasteiger partial charge in [-0.1, -0.05) is 12.1 Å². The van der Waals surface area contributed by atoms with E-state index < -0.39 is 6.09 Å². The minimum atomic E-state index is -0.520. The normalized spacial score (nSPS) is 9.94. The number of aromatic nitrogens is 2. The quantitative estimate of drug-likeness (QED) is 0.820. The minimum absolute atomic E-state index is 0.101. The highest BCUT2D eigenvalue weighted by Crippen LogP contribution is 2.13. The van der Waals surface area contributed by atoms with Gasteiger partial charge in [0.25, 0.3) is 0 Å². The Bertz CT molecular complexity index is 482. The molecule has 0 atom stereocenters. The maximum absolute atomic E-state index is 11.8. The zero-order valence-corrected chi connectivity index (χ0v) is 8.75. The summed E-state index contributed by atoms with van der Waals surface area (Å²) in [6.07, 6.45) is 3.80. The molecule has 1 aromatic carbocycles. The molecule has 0 spiro atoms. The molecule has 1 heterocycles. The maximum Gasteiger partial charge on any atom is 0.419 e. The van der Waals surface area contributed by atoms with Crippen molar-refractivity contribution in [1.82, 2.24) is 9.55 Å². The Morgan fingerprint density at radius 1 is 1.35 bits per heavy atom. The highest BCUT2D eigenvalue weighted by Gasteiger charge is 2.05. The van der Waals surface area contributed by atoms with E-state index in [1.54, 1.807) is 12.1 Å². The van der Waals surface area contributed by atoms with Crippen LogP contribution in [0.15, 0.2) is 43.0 Å². The van der Waals surface area contributed by atoms with Gasteiger partial charge in [-0.3, -0.25) is 4.94 Å². The monoisotopic (exact) mass is 236 g/mol. The summed E-state index contributed by atoms with van der Waals surface area (Å²) in [6, 6.07) is 6.10. The first-order valence-corrected chi connectivity index (χ1v) is 4.82. The van der Waals surface area contributed by atoms with Crippen LogP contribution in [0.3, 0.4) is 0 Å². The third-order valence-corrected chi connectivity index (χ3v) is 2.09. The summed E-state index contributed by atoms with van der Waals surface area (Å²) >= 11 is 0. The van der Waals surface area contributed by atoms with Gasteiger partial charge in [-0.2, -0.15) is 0 Å². The van der Waals surface area contributed by atoms with Gasteiger partial charge in [-0.25, -0.2) is 14.3 Å². The van der Waals surface area contributed by atoms with Crippen LogP contribution < -0.4 is 4.94 Å². The molecule has 0 aliphatic rings. The summed E-state index contributed by atoms with van der Waals surface area (Å²) in [4.78, 5) is 18.7. The summed E-state index contributed by atoms with van der Waals surface area (Å²) in [5.74, 6) is 0.106. The second-order valence-corrected chi connectivity index (χ2v) is 3.25. The molecule has 0 N–H and O–H groups in total. The molecule has 17 heavy (non-hydrogen) atoms. The zero-order chi connectivity index (χ0) is 12.1. The van der Waals surface area contributed by atoms with Crippen LogP contribution in [0.2, 0.25) is 0 Å². The lowest BCUT2D eigenvalue weighted by atomic mass is 10.2. The third kappa shape index (κ3) is 2.81. The van der Waals surface area contributed by atoms with E-state index in [9.17, 15) is 9.32 Å². The molecule has 0 bridgehead atoms. The second kappa shape index (κ2) is 5.11. The molecule has 0 fully saturated rings. The van der Waals surface area contributed by atoms with Crippen LogP contribution in [0.4, 0.5) is 9.32 Å². The van der Waals surface area contributed by atoms with Gasteiger partial charge < -0.3 is 4.74 Å². The smallest absolute Gasteiger partial charge is 0.419 e. The number of rotatable bonds is 3. The minimum Gasteiger partial charge on any atom is -0.444 e. The highest BCUT2D eigenvalue weighted by atomic mass is 19.3. The molecular formula is C11H9FN2O3. The number of hydrogen-bond donors (Lipinski definition) is 0. The van der Waals surface area contributed by atoms with Crippen molar-refractivity contribution >= 4 is 6.09 Å². The van der Waals surface area contributed by atoms with E-state index >= 15 is 0 Å². The number of carbonyl (C=O) groups is 1. The summed E-state index contributed by atoms with van der Waals surface area (Å²) in [6.45, 7) is 0.101. The van der Waals surface area contributed by atoms with Crippen LogP contribution in [-0.2, 0) is 11.3 Å². The topological polar surface area (TPSA) is 53.4 Å². The van der Waals surface area contributed by atoms with Gasteiger partial charge in [0.2, 0.25) is 0 Å². The molecular weight excluding hydrogens is 227 g/mol. The number of imidazole rings is 1. The molecule has 5 nitrogen and oxygen atoms in total. The third-order valence-electron chi connectivity index (χ3n) is 2.09. The van der Waals surface area contributed by atoms with E-state index in [1.165, 1.54) is 35.4 Å². The number of halogens is 1. The molecule has 0 unspecified atom stereocenters. The first-order chi connectivity index (χ1) is 8.29. The number of benzene rings is 1. The molecule has 6 heteroatoms. The Labute approximate surface area is 96.3 Å². The van der Waals surface area contributed by atoms with Crippen LogP contribution in [0, 0.1) is 0 Å². The lowest BCUT2D eigenvalue weighted by Crippen LogP contribution is -2.11. The van der Waals surface area contributed by atoms with Crippen molar-refractivity contribution in [3.05, 3.63) is 48.5 Å². The first kappa shape index (κ1) is 11.1. The predicted octanol–water partition coefficient (Wildman–Crippen LogP) is 2.33. The van der Waals surface area contributed by atoms with Gasteiger partial charge in [-0.15, -0.1) is 0 Å². The van der Waals surface area contributed by atoms with Gasteiger partial charge in [0.1, 0.15) is 12.9 Å². The van der Waals surface area contributed by atoms with Crippen molar-refractivity contribution in [2.45, 2.75) is 6.61 Å². The van der Waals surface area contributed by atoms with E-state index in [4.69, 9.17) is 4.74 Å². The van der Waals surface area contributed by atoms with Gasteiger partial charge in [-0.05, 0) is 17.7 Å². The van der Waals surface area contributed by atoms with Crippen LogP contribution in [0.1, 0.15) is 5.56 Å². The van der Waals surface area contributed by atoms with E-state index in [2.05, 4.69) is 9.93 Å². The van der Waals surface area contributed by atoms with Crippen LogP contribution >= 0.6 is 0 Å². The fourth-order valence-corrected chi connectivity index (χ4v) is 1.22. The fraction of sp³-hybridized carbons (Fsp3) is 0.0909. The lowest BCUT2D eigenvalue weighted by molar-refractivity contribution is -0.00624. The number of carbonyl (C=O) groups excluding carboxylic acids is 1. The molecule has 0 radical (unpaired) electrons. The Kier molecular flexibility index (Phi) is 3.34. The maximum atomic E-state index is 11.8. The molecule has 2 rings (SSSR count). The van der Waals surface area contributed by atoms with Gasteiger partial charge in [0, 0.05) is 16.9 Å². The van der Waals surface area contributed by atoms with Crippen LogP contribution in [0.5, 0.6) is 5.75 Å². The van der Waals surface area contributed by atoms with Crippen molar-refractivity contribution in [3.63, 3.8) is 0 Å². The van der Waals surface area contributed by atoms with Crippen molar-refractivity contribution in [2.24, 2.45) is 0 Å². The summed E-state index contributed by atoms with van der Waals surface area (Å²) < 4.78 is 18.0. The Morgan fingerprint density at radius 3 is 2.71 bits per heavy atom. The van der Waals surface area contributed by atoms with E-state index in [0.29, 0.717) is 0 Å². The van der Waals surface area contributed by atoms with E-state index in [1.807, 2.05) is 0 Å². The van der Waals surface area contributed by atoms with Crippen molar-refractivity contribution in [1.29, 1.82) is 0 Å². The van der Waals surface area contributed by atoms with Crippen LogP contribution in [-0.4, -0.2) is 15.6 Å². The number of nitrogens with zero attached hydrogens (tertiary/aromatic N) is 2. The lowest BCUT2D eigenvalue weighted by Gasteiger charge is -2.04. The van der Waals surface area contributed by atoms with Crippen molar-refractivity contribution in [3.8, 4) is 5.75 Å². The van der Waals surface area contributed by atoms with Crippen molar-refractivity contribution < 1.29 is 19.0 Å². The SMILES string of the molecule is O=C(OCc1ccc(OF)cc1)n1ccnc1. The molecule has 0 amide bonds. The predicted molar refractivity (Wildman–Crippen MR) is 56.0 cm³/mol. The average Bonchev–Trinajstić information content (AvgIpc) is 2.90. The van der Waals surface area contributed by atoms with Gasteiger partial charge in [0.15, 0.2) is 5.75 Å². The number of hydrogen-bond acceptors (Lipinski definition) is 4. The first-order valence-electron chi connectivity index (χ1n) is 4.82. The van der Waals surface area contributed by atoms with E-state index in [0.717, 1.165) is 5.56 Å². The van der Waals surface area contributed by atoms with Crippen LogP contribution in [0.25, 0.3) is 0 Å². The molecule has 1 aromatic heterocycles. The zero-order valence-electron chi connectivity index (χ0n) is 8.75. The van der Waals surface area contributed by atoms with Crippen molar-refractivity contribution in [2.75, 3.05) is 0 Å². The summed E-state index contributed by atoms with van der Waals surface area (Å²) in [5, 5.41) is 0. The average molecular weight is 236 g/mol. The summed E-state index contributed by atoms with van der Waals surface area (Å²) in [5.41, 5.74) is 0.735. The fourth-order valence-electron chi connectivity index (χ4n) is 1.22. The highest BCUT2D eigenvalue weighted by molar-refractivity contribution is 5.69. The standard InChI is InChI=1S/C11H9FN2O3/c12-17-10-3-1-9(2-4-10)7-16-11(15)14-6-5-13-8-14/h1-6,8H,7H2.